The molecule has 1 aromatic carbocycles. The third-order valence-electron chi connectivity index (χ3n) is 4.32. The first-order chi connectivity index (χ1) is 11.1. The van der Waals surface area contributed by atoms with Crippen LogP contribution in [0, 0.1) is 11.8 Å². The Kier molecular flexibility index (Phi) is 6.20. The lowest BCUT2D eigenvalue weighted by Gasteiger charge is -2.21. The van der Waals surface area contributed by atoms with E-state index < -0.39 is 0 Å². The minimum atomic E-state index is -0.337. The lowest BCUT2D eigenvalue weighted by molar-refractivity contribution is 0.0481. The largest absolute Gasteiger partial charge is 0.462 e. The van der Waals surface area contributed by atoms with E-state index in [4.69, 9.17) is 4.74 Å². The highest BCUT2D eigenvalue weighted by Crippen LogP contribution is 2.37. The quantitative estimate of drug-likeness (QED) is 0.686. The molecule has 0 N–H and O–H groups in total. The number of benzene rings is 1. The van der Waals surface area contributed by atoms with Crippen LogP contribution >= 0.6 is 0 Å². The monoisotopic (exact) mass is 317 g/mol. The van der Waals surface area contributed by atoms with Crippen LogP contribution in [0.2, 0.25) is 0 Å². The van der Waals surface area contributed by atoms with Gasteiger partial charge < -0.3 is 9.64 Å². The fourth-order valence-electron chi connectivity index (χ4n) is 2.71. The Morgan fingerprint density at radius 1 is 1.17 bits per heavy atom. The average Bonchev–Trinajstić information content (AvgIpc) is 3.27. The third kappa shape index (κ3) is 4.81. The standard InChI is InChI=1S/C19H27NO3/c1-4-9-20(10-5-2)18(21)15-7-6-8-16(12-15)19(22)23-13-17-11-14(17)3/h6-8,12,14,17H,4-5,9-11,13H2,1-3H3. The molecule has 0 spiro atoms. The van der Waals surface area contributed by atoms with Gasteiger partial charge in [0, 0.05) is 18.7 Å². The van der Waals surface area contributed by atoms with E-state index in [0.29, 0.717) is 29.6 Å². The number of ether oxygens (including phenoxy) is 1. The molecule has 1 aromatic rings. The predicted molar refractivity (Wildman–Crippen MR) is 90.5 cm³/mol. The number of nitrogens with zero attached hydrogens (tertiary/aromatic N) is 1. The van der Waals surface area contributed by atoms with Crippen LogP contribution in [0.5, 0.6) is 0 Å². The Hall–Kier alpha value is -1.84. The molecule has 2 rings (SSSR count). The summed E-state index contributed by atoms with van der Waals surface area (Å²) in [6.45, 7) is 8.23. The van der Waals surface area contributed by atoms with Crippen molar-refractivity contribution in [1.82, 2.24) is 4.90 Å². The minimum absolute atomic E-state index is 0.0147. The van der Waals surface area contributed by atoms with E-state index >= 15 is 0 Å². The maximum Gasteiger partial charge on any atom is 0.338 e. The van der Waals surface area contributed by atoms with Crippen LogP contribution in [0.25, 0.3) is 0 Å². The molecule has 0 heterocycles. The van der Waals surface area contributed by atoms with Crippen LogP contribution in [0.15, 0.2) is 24.3 Å². The van der Waals surface area contributed by atoms with E-state index in [9.17, 15) is 9.59 Å². The summed E-state index contributed by atoms with van der Waals surface area (Å²) in [6, 6.07) is 6.87. The fraction of sp³-hybridized carbons (Fsp3) is 0.579. The van der Waals surface area contributed by atoms with E-state index in [2.05, 4.69) is 20.8 Å². The van der Waals surface area contributed by atoms with E-state index in [1.165, 1.54) is 0 Å². The van der Waals surface area contributed by atoms with Gasteiger partial charge in [-0.1, -0.05) is 26.8 Å². The zero-order chi connectivity index (χ0) is 16.8. The van der Waals surface area contributed by atoms with Crippen molar-refractivity contribution in [3.8, 4) is 0 Å². The molecule has 2 unspecified atom stereocenters. The summed E-state index contributed by atoms with van der Waals surface area (Å²) in [5.41, 5.74) is 1.01. The summed E-state index contributed by atoms with van der Waals surface area (Å²) < 4.78 is 5.35. The molecule has 1 saturated carbocycles. The number of carbonyl (C=O) groups is 2. The van der Waals surface area contributed by atoms with E-state index in [0.717, 1.165) is 32.4 Å². The highest BCUT2D eigenvalue weighted by molar-refractivity contribution is 5.97. The number of esters is 1. The molecule has 126 valence electrons. The zero-order valence-electron chi connectivity index (χ0n) is 14.4. The summed E-state index contributed by atoms with van der Waals surface area (Å²) in [5, 5.41) is 0. The second-order valence-electron chi connectivity index (χ2n) is 6.44. The van der Waals surface area contributed by atoms with Crippen LogP contribution in [0.4, 0.5) is 0 Å². The molecule has 2 atom stereocenters. The van der Waals surface area contributed by atoms with Crippen molar-refractivity contribution in [2.45, 2.75) is 40.0 Å². The average molecular weight is 317 g/mol. The van der Waals surface area contributed by atoms with Gasteiger partial charge in [-0.3, -0.25) is 4.79 Å². The van der Waals surface area contributed by atoms with E-state index in [1.54, 1.807) is 24.3 Å². The predicted octanol–water partition coefficient (Wildman–Crippen LogP) is 3.76. The molecule has 0 bridgehead atoms. The van der Waals surface area contributed by atoms with Gasteiger partial charge in [-0.25, -0.2) is 4.79 Å². The first-order valence-corrected chi connectivity index (χ1v) is 8.63. The second-order valence-corrected chi connectivity index (χ2v) is 6.44. The molecule has 1 amide bonds. The van der Waals surface area contributed by atoms with Crippen LogP contribution < -0.4 is 0 Å². The molecule has 0 aromatic heterocycles. The summed E-state index contributed by atoms with van der Waals surface area (Å²) in [7, 11) is 0. The molecule has 1 fully saturated rings. The van der Waals surface area contributed by atoms with Gasteiger partial charge in [-0.05, 0) is 49.3 Å². The van der Waals surface area contributed by atoms with Gasteiger partial charge in [0.1, 0.15) is 0 Å². The zero-order valence-corrected chi connectivity index (χ0v) is 14.4. The molecule has 4 nitrogen and oxygen atoms in total. The second kappa shape index (κ2) is 8.14. The summed E-state index contributed by atoms with van der Waals surface area (Å²) >= 11 is 0. The Balaban J connectivity index is 2.02. The first-order valence-electron chi connectivity index (χ1n) is 8.63. The van der Waals surface area contributed by atoms with Gasteiger partial charge in [0.15, 0.2) is 0 Å². The van der Waals surface area contributed by atoms with Crippen molar-refractivity contribution in [1.29, 1.82) is 0 Å². The molecule has 1 aliphatic rings. The van der Waals surface area contributed by atoms with Gasteiger partial charge >= 0.3 is 5.97 Å². The fourth-order valence-corrected chi connectivity index (χ4v) is 2.71. The number of hydrogen-bond donors (Lipinski definition) is 0. The van der Waals surface area contributed by atoms with Gasteiger partial charge in [0.25, 0.3) is 5.91 Å². The number of carbonyl (C=O) groups excluding carboxylic acids is 2. The van der Waals surface area contributed by atoms with Crippen LogP contribution in [0.3, 0.4) is 0 Å². The Morgan fingerprint density at radius 2 is 1.78 bits per heavy atom. The molecule has 0 aliphatic heterocycles. The molecular weight excluding hydrogens is 290 g/mol. The van der Waals surface area contributed by atoms with Crippen molar-refractivity contribution in [3.05, 3.63) is 35.4 Å². The first kappa shape index (κ1) is 17.5. The van der Waals surface area contributed by atoms with Crippen molar-refractivity contribution in [3.63, 3.8) is 0 Å². The number of rotatable bonds is 8. The van der Waals surface area contributed by atoms with Gasteiger partial charge in [-0.15, -0.1) is 0 Å². The Bertz CT molecular complexity index is 549. The maximum atomic E-state index is 12.6. The summed E-state index contributed by atoms with van der Waals surface area (Å²) in [5.74, 6) is 0.816. The van der Waals surface area contributed by atoms with Crippen LogP contribution in [-0.2, 0) is 4.74 Å². The summed E-state index contributed by atoms with van der Waals surface area (Å²) in [6.07, 6.45) is 2.98. The van der Waals surface area contributed by atoms with Crippen molar-refractivity contribution in [2.75, 3.05) is 19.7 Å². The molecule has 1 aliphatic carbocycles. The molecule has 23 heavy (non-hydrogen) atoms. The SMILES string of the molecule is CCCN(CCC)C(=O)c1cccc(C(=O)OCC2CC2C)c1. The van der Waals surface area contributed by atoms with Gasteiger partial charge in [0.05, 0.1) is 12.2 Å². The van der Waals surface area contributed by atoms with E-state index in [1.807, 2.05) is 4.90 Å². The minimum Gasteiger partial charge on any atom is -0.462 e. The smallest absolute Gasteiger partial charge is 0.338 e. The lowest BCUT2D eigenvalue weighted by atomic mass is 10.1. The normalized spacial score (nSPS) is 19.3. The molecule has 4 heteroatoms. The van der Waals surface area contributed by atoms with E-state index in [-0.39, 0.29) is 11.9 Å². The Morgan fingerprint density at radius 3 is 2.35 bits per heavy atom. The number of amides is 1. The summed E-state index contributed by atoms with van der Waals surface area (Å²) in [4.78, 5) is 26.6. The molecule has 0 saturated heterocycles. The molecule has 0 radical (unpaired) electrons. The lowest BCUT2D eigenvalue weighted by Crippen LogP contribution is -2.32. The van der Waals surface area contributed by atoms with Crippen LogP contribution in [0.1, 0.15) is 60.7 Å². The number of hydrogen-bond acceptors (Lipinski definition) is 3. The Labute approximate surface area is 138 Å². The van der Waals surface area contributed by atoms with Crippen molar-refractivity contribution in [2.24, 2.45) is 11.8 Å². The van der Waals surface area contributed by atoms with Gasteiger partial charge in [-0.2, -0.15) is 0 Å². The highest BCUT2D eigenvalue weighted by Gasteiger charge is 2.33. The highest BCUT2D eigenvalue weighted by atomic mass is 16.5. The topological polar surface area (TPSA) is 46.6 Å². The van der Waals surface area contributed by atoms with Crippen LogP contribution in [-0.4, -0.2) is 36.5 Å². The maximum absolute atomic E-state index is 12.6. The van der Waals surface area contributed by atoms with Crippen molar-refractivity contribution < 1.29 is 14.3 Å². The molecular formula is C19H27NO3. The van der Waals surface area contributed by atoms with Gasteiger partial charge in [0.2, 0.25) is 0 Å². The van der Waals surface area contributed by atoms with Crippen molar-refractivity contribution >= 4 is 11.9 Å². The third-order valence-corrected chi connectivity index (χ3v) is 4.32.